The van der Waals surface area contributed by atoms with Gasteiger partial charge in [0.05, 0.1) is 12.0 Å². The van der Waals surface area contributed by atoms with Crippen molar-refractivity contribution in [3.05, 3.63) is 47.5 Å². The highest BCUT2D eigenvalue weighted by atomic mass is 16.6. The SMILES string of the molecule is O=C(c1ccc(OC(=O)N2CCCc3[nH]cnc3CC2)cc1)C1CC1. The molecule has 0 spiro atoms. The number of Topliss-reactive ketones (excluding diaryl/α,β-unsaturated/α-hetero) is 1. The molecule has 4 rings (SSSR count). The molecule has 1 aromatic carbocycles. The number of aromatic amines is 1. The van der Waals surface area contributed by atoms with Crippen LogP contribution in [0.4, 0.5) is 4.79 Å². The van der Waals surface area contributed by atoms with E-state index in [1.807, 2.05) is 0 Å². The number of aryl methyl sites for hydroxylation is 1. The summed E-state index contributed by atoms with van der Waals surface area (Å²) < 4.78 is 5.48. The van der Waals surface area contributed by atoms with Crippen molar-refractivity contribution >= 4 is 11.9 Å². The lowest BCUT2D eigenvalue weighted by Crippen LogP contribution is -2.37. The number of ketones is 1. The summed E-state index contributed by atoms with van der Waals surface area (Å²) in [6, 6.07) is 6.88. The molecule has 1 amide bonds. The van der Waals surface area contributed by atoms with E-state index in [9.17, 15) is 9.59 Å². The van der Waals surface area contributed by atoms with Crippen molar-refractivity contribution in [2.75, 3.05) is 13.1 Å². The van der Waals surface area contributed by atoms with E-state index in [1.54, 1.807) is 35.5 Å². The zero-order valence-electron chi connectivity index (χ0n) is 14.0. The Morgan fingerprint density at radius 1 is 1.12 bits per heavy atom. The number of nitrogens with zero attached hydrogens (tertiary/aromatic N) is 2. The van der Waals surface area contributed by atoms with E-state index in [0.717, 1.165) is 37.8 Å². The summed E-state index contributed by atoms with van der Waals surface area (Å²) in [5.74, 6) is 0.859. The number of rotatable bonds is 3. The van der Waals surface area contributed by atoms with Crippen LogP contribution in [0, 0.1) is 5.92 Å². The molecule has 0 atom stereocenters. The van der Waals surface area contributed by atoms with Gasteiger partial charge in [-0.15, -0.1) is 0 Å². The van der Waals surface area contributed by atoms with Crippen LogP contribution in [0.5, 0.6) is 5.75 Å². The van der Waals surface area contributed by atoms with Crippen LogP contribution in [0.3, 0.4) is 0 Å². The van der Waals surface area contributed by atoms with Crippen molar-refractivity contribution in [1.82, 2.24) is 14.9 Å². The number of hydrogen-bond donors (Lipinski definition) is 1. The second-order valence-corrected chi connectivity index (χ2v) is 6.70. The fraction of sp³-hybridized carbons (Fsp3) is 0.421. The highest BCUT2D eigenvalue weighted by molar-refractivity contribution is 5.99. The number of fused-ring (bicyclic) bond motifs is 1. The van der Waals surface area contributed by atoms with E-state index in [-0.39, 0.29) is 17.8 Å². The first-order valence-electron chi connectivity index (χ1n) is 8.83. The second-order valence-electron chi connectivity index (χ2n) is 6.70. The largest absolute Gasteiger partial charge is 0.415 e. The normalized spacial score (nSPS) is 17.4. The quantitative estimate of drug-likeness (QED) is 0.872. The standard InChI is InChI=1S/C19H21N3O3/c23-18(13-3-4-13)14-5-7-15(8-6-14)25-19(24)22-10-1-2-16-17(9-11-22)21-12-20-16/h5-8,12-13H,1-4,9-11H2,(H,20,21). The molecule has 0 bridgehead atoms. The van der Waals surface area contributed by atoms with E-state index in [4.69, 9.17) is 4.74 Å². The predicted octanol–water partition coefficient (Wildman–Crippen LogP) is 2.99. The van der Waals surface area contributed by atoms with E-state index in [2.05, 4.69) is 9.97 Å². The Hall–Kier alpha value is -2.63. The minimum Gasteiger partial charge on any atom is -0.410 e. The third-order valence-electron chi connectivity index (χ3n) is 4.83. The van der Waals surface area contributed by atoms with Crippen molar-refractivity contribution in [1.29, 1.82) is 0 Å². The second kappa shape index (κ2) is 6.70. The Balaban J connectivity index is 1.37. The van der Waals surface area contributed by atoms with Gasteiger partial charge in [-0.1, -0.05) is 0 Å². The number of ether oxygens (including phenoxy) is 1. The van der Waals surface area contributed by atoms with E-state index in [1.165, 1.54) is 5.69 Å². The van der Waals surface area contributed by atoms with Crippen LogP contribution >= 0.6 is 0 Å². The smallest absolute Gasteiger partial charge is 0.410 e. The van der Waals surface area contributed by atoms with Crippen LogP contribution < -0.4 is 4.74 Å². The number of nitrogens with one attached hydrogen (secondary N) is 1. The number of carbonyl (C=O) groups excluding carboxylic acids is 2. The van der Waals surface area contributed by atoms with Gasteiger partial charge in [-0.25, -0.2) is 9.78 Å². The lowest BCUT2D eigenvalue weighted by atomic mass is 10.1. The molecule has 2 aromatic rings. The number of imidazole rings is 1. The Morgan fingerprint density at radius 2 is 1.92 bits per heavy atom. The summed E-state index contributed by atoms with van der Waals surface area (Å²) in [7, 11) is 0. The van der Waals surface area contributed by atoms with E-state index in [0.29, 0.717) is 24.4 Å². The Kier molecular flexibility index (Phi) is 4.26. The zero-order chi connectivity index (χ0) is 17.2. The molecule has 1 aromatic heterocycles. The average Bonchev–Trinajstić information content (AvgIpc) is 3.36. The van der Waals surface area contributed by atoms with Crippen molar-refractivity contribution < 1.29 is 14.3 Å². The first-order valence-corrected chi connectivity index (χ1v) is 8.83. The molecule has 130 valence electrons. The van der Waals surface area contributed by atoms with Gasteiger partial charge < -0.3 is 14.6 Å². The fourth-order valence-electron chi connectivity index (χ4n) is 3.20. The maximum absolute atomic E-state index is 12.4. The summed E-state index contributed by atoms with van der Waals surface area (Å²) in [6.45, 7) is 1.25. The van der Waals surface area contributed by atoms with Crippen molar-refractivity contribution in [2.45, 2.75) is 32.1 Å². The van der Waals surface area contributed by atoms with Crippen LogP contribution in [0.15, 0.2) is 30.6 Å². The summed E-state index contributed by atoms with van der Waals surface area (Å²) in [5.41, 5.74) is 2.89. The van der Waals surface area contributed by atoms with E-state index >= 15 is 0 Å². The minimum atomic E-state index is -0.347. The third-order valence-corrected chi connectivity index (χ3v) is 4.83. The maximum Gasteiger partial charge on any atom is 0.415 e. The van der Waals surface area contributed by atoms with Crippen LogP contribution in [-0.4, -0.2) is 39.8 Å². The van der Waals surface area contributed by atoms with Crippen molar-refractivity contribution in [2.24, 2.45) is 5.92 Å². The molecule has 1 N–H and O–H groups in total. The van der Waals surface area contributed by atoms with Crippen LogP contribution in [0.2, 0.25) is 0 Å². The molecule has 1 aliphatic heterocycles. The number of H-pyrrole nitrogens is 1. The molecule has 2 heterocycles. The Bertz CT molecular complexity index is 777. The summed E-state index contributed by atoms with van der Waals surface area (Å²) >= 11 is 0. The summed E-state index contributed by atoms with van der Waals surface area (Å²) in [5, 5.41) is 0. The van der Waals surface area contributed by atoms with Gasteiger partial charge in [0.1, 0.15) is 5.75 Å². The molecule has 25 heavy (non-hydrogen) atoms. The molecular formula is C19H21N3O3. The molecular weight excluding hydrogens is 318 g/mol. The number of benzene rings is 1. The van der Waals surface area contributed by atoms with Gasteiger partial charge in [-0.3, -0.25) is 4.79 Å². The van der Waals surface area contributed by atoms with Gasteiger partial charge in [0.2, 0.25) is 0 Å². The lowest BCUT2D eigenvalue weighted by molar-refractivity contribution is 0.0967. The van der Waals surface area contributed by atoms with Gasteiger partial charge in [-0.05, 0) is 49.9 Å². The lowest BCUT2D eigenvalue weighted by Gasteiger charge is -2.23. The number of hydrogen-bond acceptors (Lipinski definition) is 4. The molecule has 0 saturated heterocycles. The van der Waals surface area contributed by atoms with Crippen molar-refractivity contribution in [3.8, 4) is 5.75 Å². The Morgan fingerprint density at radius 3 is 2.68 bits per heavy atom. The summed E-state index contributed by atoms with van der Waals surface area (Å²) in [4.78, 5) is 33.6. The fourth-order valence-corrected chi connectivity index (χ4v) is 3.20. The average molecular weight is 339 g/mol. The third kappa shape index (κ3) is 3.57. The minimum absolute atomic E-state index is 0.191. The molecule has 0 radical (unpaired) electrons. The molecule has 6 heteroatoms. The highest BCUT2D eigenvalue weighted by Gasteiger charge is 2.30. The zero-order valence-corrected chi connectivity index (χ0v) is 14.0. The first-order chi connectivity index (χ1) is 12.2. The highest BCUT2D eigenvalue weighted by Crippen LogP contribution is 2.32. The van der Waals surface area contributed by atoms with Gasteiger partial charge in [0, 0.05) is 36.7 Å². The molecule has 1 fully saturated rings. The number of amides is 1. The van der Waals surface area contributed by atoms with Crippen LogP contribution in [-0.2, 0) is 12.8 Å². The monoisotopic (exact) mass is 339 g/mol. The molecule has 1 saturated carbocycles. The maximum atomic E-state index is 12.4. The topological polar surface area (TPSA) is 75.3 Å². The van der Waals surface area contributed by atoms with E-state index < -0.39 is 0 Å². The summed E-state index contributed by atoms with van der Waals surface area (Å²) in [6.07, 6.45) is 5.83. The predicted molar refractivity (Wildman–Crippen MR) is 91.7 cm³/mol. The molecule has 0 unspecified atom stereocenters. The number of aromatic nitrogens is 2. The van der Waals surface area contributed by atoms with Crippen LogP contribution in [0.25, 0.3) is 0 Å². The molecule has 2 aliphatic rings. The van der Waals surface area contributed by atoms with Crippen LogP contribution in [0.1, 0.15) is 41.0 Å². The Labute approximate surface area is 146 Å². The molecule has 1 aliphatic carbocycles. The van der Waals surface area contributed by atoms with Gasteiger partial charge in [-0.2, -0.15) is 0 Å². The van der Waals surface area contributed by atoms with Crippen molar-refractivity contribution in [3.63, 3.8) is 0 Å². The molecule has 6 nitrogen and oxygen atoms in total. The first kappa shape index (κ1) is 15.9. The van der Waals surface area contributed by atoms with Gasteiger partial charge >= 0.3 is 6.09 Å². The van der Waals surface area contributed by atoms with Gasteiger partial charge in [0.25, 0.3) is 0 Å². The number of carbonyl (C=O) groups is 2. The van der Waals surface area contributed by atoms with Gasteiger partial charge in [0.15, 0.2) is 5.78 Å².